The van der Waals surface area contributed by atoms with Gasteiger partial charge in [-0.05, 0) is 19.3 Å². The van der Waals surface area contributed by atoms with Crippen molar-refractivity contribution in [3.63, 3.8) is 0 Å². The molecule has 0 aliphatic heterocycles. The molecule has 0 atom stereocenters. The lowest BCUT2D eigenvalue weighted by molar-refractivity contribution is -0.137. The Hall–Kier alpha value is -1.06. The number of carboxylic acids is 1. The summed E-state index contributed by atoms with van der Waals surface area (Å²) in [7, 11) is 0. The second-order valence-electron chi connectivity index (χ2n) is 6.84. The van der Waals surface area contributed by atoms with Gasteiger partial charge >= 0.3 is 5.97 Å². The molecule has 0 saturated heterocycles. The Bertz CT molecular complexity index is 305. The van der Waals surface area contributed by atoms with Gasteiger partial charge in [-0.3, -0.25) is 9.59 Å². The maximum atomic E-state index is 11.5. The second kappa shape index (κ2) is 18.3. The summed E-state index contributed by atoms with van der Waals surface area (Å²) in [4.78, 5) is 21.9. The summed E-state index contributed by atoms with van der Waals surface area (Å²) < 4.78 is 0. The molecule has 0 radical (unpaired) electrons. The van der Waals surface area contributed by atoms with E-state index >= 15 is 0 Å². The molecule has 0 aromatic carbocycles. The summed E-state index contributed by atoms with van der Waals surface area (Å²) in [6.07, 6.45) is 17.4. The minimum Gasteiger partial charge on any atom is -0.481 e. The van der Waals surface area contributed by atoms with Crippen LogP contribution in [0.1, 0.15) is 110 Å². The van der Waals surface area contributed by atoms with E-state index in [9.17, 15) is 9.59 Å². The fourth-order valence-electron chi connectivity index (χ4n) is 2.82. The lowest BCUT2D eigenvalue weighted by Gasteiger charge is -2.04. The van der Waals surface area contributed by atoms with Crippen molar-refractivity contribution in [2.24, 2.45) is 0 Å². The van der Waals surface area contributed by atoms with Crippen molar-refractivity contribution in [2.45, 2.75) is 110 Å². The molecular formula is C20H39NO3. The molecule has 2 N–H and O–H groups in total. The van der Waals surface area contributed by atoms with Crippen LogP contribution in [0.4, 0.5) is 0 Å². The average molecular weight is 342 g/mol. The molecule has 0 spiro atoms. The SMILES string of the molecule is CCCCNC(=O)CCCCCCCCCCCCCCC(=O)O. The van der Waals surface area contributed by atoms with Crippen LogP contribution in [0.2, 0.25) is 0 Å². The van der Waals surface area contributed by atoms with Crippen molar-refractivity contribution in [1.29, 1.82) is 0 Å². The third-order valence-corrected chi connectivity index (χ3v) is 4.40. The molecule has 24 heavy (non-hydrogen) atoms. The van der Waals surface area contributed by atoms with Crippen LogP contribution in [0.3, 0.4) is 0 Å². The van der Waals surface area contributed by atoms with E-state index in [2.05, 4.69) is 12.2 Å². The van der Waals surface area contributed by atoms with Crippen molar-refractivity contribution in [3.05, 3.63) is 0 Å². The quantitative estimate of drug-likeness (QED) is 0.326. The number of carbonyl (C=O) groups excluding carboxylic acids is 1. The first-order chi connectivity index (χ1) is 11.7. The lowest BCUT2D eigenvalue weighted by atomic mass is 10.0. The van der Waals surface area contributed by atoms with Gasteiger partial charge in [0.25, 0.3) is 0 Å². The van der Waals surface area contributed by atoms with E-state index in [0.717, 1.165) is 38.6 Å². The predicted molar refractivity (Wildman–Crippen MR) is 100 cm³/mol. The number of hydrogen-bond acceptors (Lipinski definition) is 2. The Morgan fingerprint density at radius 1 is 0.667 bits per heavy atom. The summed E-state index contributed by atoms with van der Waals surface area (Å²) >= 11 is 0. The summed E-state index contributed by atoms with van der Waals surface area (Å²) in [6, 6.07) is 0. The first-order valence-electron chi connectivity index (χ1n) is 10.1. The largest absolute Gasteiger partial charge is 0.481 e. The zero-order chi connectivity index (χ0) is 17.9. The summed E-state index contributed by atoms with van der Waals surface area (Å²) in [5, 5.41) is 11.5. The highest BCUT2D eigenvalue weighted by atomic mass is 16.4. The van der Waals surface area contributed by atoms with Crippen molar-refractivity contribution >= 4 is 11.9 Å². The van der Waals surface area contributed by atoms with E-state index in [-0.39, 0.29) is 5.91 Å². The van der Waals surface area contributed by atoms with Crippen LogP contribution in [-0.4, -0.2) is 23.5 Å². The highest BCUT2D eigenvalue weighted by Crippen LogP contribution is 2.13. The van der Waals surface area contributed by atoms with Gasteiger partial charge in [-0.2, -0.15) is 0 Å². The van der Waals surface area contributed by atoms with Crippen molar-refractivity contribution < 1.29 is 14.7 Å². The van der Waals surface area contributed by atoms with Crippen molar-refractivity contribution in [3.8, 4) is 0 Å². The average Bonchev–Trinajstić information content (AvgIpc) is 2.55. The first kappa shape index (κ1) is 22.9. The third kappa shape index (κ3) is 19.0. The van der Waals surface area contributed by atoms with Crippen LogP contribution < -0.4 is 5.32 Å². The predicted octanol–water partition coefficient (Wildman–Crippen LogP) is 5.45. The van der Waals surface area contributed by atoms with Crippen molar-refractivity contribution in [1.82, 2.24) is 5.32 Å². The molecule has 0 fully saturated rings. The Kier molecular flexibility index (Phi) is 17.5. The molecule has 142 valence electrons. The summed E-state index contributed by atoms with van der Waals surface area (Å²) in [5.41, 5.74) is 0. The van der Waals surface area contributed by atoms with Gasteiger partial charge in [0.15, 0.2) is 0 Å². The van der Waals surface area contributed by atoms with Crippen LogP contribution in [0.25, 0.3) is 0 Å². The highest BCUT2D eigenvalue weighted by Gasteiger charge is 2.00. The van der Waals surface area contributed by atoms with Gasteiger partial charge < -0.3 is 10.4 Å². The fourth-order valence-corrected chi connectivity index (χ4v) is 2.82. The van der Waals surface area contributed by atoms with E-state index < -0.39 is 5.97 Å². The molecule has 0 rings (SSSR count). The molecule has 4 nitrogen and oxygen atoms in total. The zero-order valence-corrected chi connectivity index (χ0v) is 15.8. The van der Waals surface area contributed by atoms with Gasteiger partial charge in [0.05, 0.1) is 0 Å². The number of nitrogens with one attached hydrogen (secondary N) is 1. The van der Waals surface area contributed by atoms with Gasteiger partial charge in [0.2, 0.25) is 5.91 Å². The number of carbonyl (C=O) groups is 2. The van der Waals surface area contributed by atoms with Crippen LogP contribution >= 0.6 is 0 Å². The van der Waals surface area contributed by atoms with Gasteiger partial charge in [0.1, 0.15) is 0 Å². The topological polar surface area (TPSA) is 66.4 Å². The number of rotatable bonds is 18. The molecule has 1 amide bonds. The number of hydrogen-bond donors (Lipinski definition) is 2. The van der Waals surface area contributed by atoms with E-state index in [1.54, 1.807) is 0 Å². The molecule has 0 aromatic heterocycles. The number of carboxylic acid groups (broad SMARTS) is 1. The smallest absolute Gasteiger partial charge is 0.303 e. The van der Waals surface area contributed by atoms with Gasteiger partial charge in [0, 0.05) is 19.4 Å². The number of aliphatic carboxylic acids is 1. The highest BCUT2D eigenvalue weighted by molar-refractivity contribution is 5.75. The van der Waals surface area contributed by atoms with Gasteiger partial charge in [-0.25, -0.2) is 0 Å². The Balaban J connectivity index is 3.10. The minimum absolute atomic E-state index is 0.215. The molecule has 0 aliphatic rings. The first-order valence-corrected chi connectivity index (χ1v) is 10.1. The third-order valence-electron chi connectivity index (χ3n) is 4.40. The monoisotopic (exact) mass is 341 g/mol. The summed E-state index contributed by atoms with van der Waals surface area (Å²) in [6.45, 7) is 2.96. The maximum Gasteiger partial charge on any atom is 0.303 e. The maximum absolute atomic E-state index is 11.5. The van der Waals surface area contributed by atoms with E-state index in [1.165, 1.54) is 57.8 Å². The number of unbranched alkanes of at least 4 members (excludes halogenated alkanes) is 12. The minimum atomic E-state index is -0.674. The zero-order valence-electron chi connectivity index (χ0n) is 15.8. The van der Waals surface area contributed by atoms with E-state index in [4.69, 9.17) is 5.11 Å². The van der Waals surface area contributed by atoms with E-state index in [0.29, 0.717) is 12.8 Å². The second-order valence-corrected chi connectivity index (χ2v) is 6.84. The van der Waals surface area contributed by atoms with Crippen LogP contribution in [0, 0.1) is 0 Å². The van der Waals surface area contributed by atoms with E-state index in [1.807, 2.05) is 0 Å². The summed E-state index contributed by atoms with van der Waals surface area (Å²) in [5.74, 6) is -0.459. The molecule has 0 saturated carbocycles. The Labute approximate surface area is 148 Å². The molecule has 0 aliphatic carbocycles. The Morgan fingerprint density at radius 3 is 1.50 bits per heavy atom. The van der Waals surface area contributed by atoms with Crippen LogP contribution in [0.5, 0.6) is 0 Å². The normalized spacial score (nSPS) is 10.7. The Morgan fingerprint density at radius 2 is 1.08 bits per heavy atom. The molecule has 0 heterocycles. The molecule has 0 aromatic rings. The molecule has 0 unspecified atom stereocenters. The number of amides is 1. The molecule has 4 heteroatoms. The molecular weight excluding hydrogens is 302 g/mol. The van der Waals surface area contributed by atoms with Crippen LogP contribution in [-0.2, 0) is 9.59 Å². The lowest BCUT2D eigenvalue weighted by Crippen LogP contribution is -2.23. The molecule has 0 bridgehead atoms. The van der Waals surface area contributed by atoms with Gasteiger partial charge in [-0.15, -0.1) is 0 Å². The fraction of sp³-hybridized carbons (Fsp3) is 0.900. The van der Waals surface area contributed by atoms with Crippen LogP contribution in [0.15, 0.2) is 0 Å². The van der Waals surface area contributed by atoms with Gasteiger partial charge in [-0.1, -0.05) is 77.6 Å². The standard InChI is InChI=1S/C20H39NO3/c1-2-3-18-21-19(22)16-14-12-10-8-6-4-5-7-9-11-13-15-17-20(23)24/h2-18H2,1H3,(H,21,22)(H,23,24). The van der Waals surface area contributed by atoms with Crippen molar-refractivity contribution in [2.75, 3.05) is 6.54 Å².